The predicted octanol–water partition coefficient (Wildman–Crippen LogP) is 4.18. The van der Waals surface area contributed by atoms with Crippen molar-refractivity contribution in [2.24, 2.45) is 0 Å². The molecule has 0 saturated carbocycles. The van der Waals surface area contributed by atoms with Gasteiger partial charge < -0.3 is 5.32 Å². The van der Waals surface area contributed by atoms with Crippen LogP contribution in [0, 0.1) is 13.8 Å². The number of hydrogen-bond acceptors (Lipinski definition) is 2. The van der Waals surface area contributed by atoms with Crippen LogP contribution >= 0.6 is 11.8 Å². The molecule has 0 bridgehead atoms. The van der Waals surface area contributed by atoms with Crippen molar-refractivity contribution in [1.29, 1.82) is 0 Å². The molecule has 0 fully saturated rings. The van der Waals surface area contributed by atoms with Crippen molar-refractivity contribution in [3.8, 4) is 0 Å². The number of carbonyl (C=O) groups is 1. The van der Waals surface area contributed by atoms with Crippen molar-refractivity contribution in [1.82, 2.24) is 0 Å². The standard InChI is InChI=1S/C17H19NOS/c1-13-8-14(2)10-16(9-13)18-17(19)12-20-11-15-6-4-3-5-7-15/h3-10H,11-12H2,1-2H3,(H,18,19). The molecule has 0 spiro atoms. The van der Waals surface area contributed by atoms with Crippen LogP contribution in [0.3, 0.4) is 0 Å². The Hall–Kier alpha value is -1.74. The van der Waals surface area contributed by atoms with E-state index in [1.165, 1.54) is 5.56 Å². The zero-order valence-electron chi connectivity index (χ0n) is 11.8. The van der Waals surface area contributed by atoms with Crippen LogP contribution in [0.1, 0.15) is 16.7 Å². The molecule has 2 aromatic rings. The number of amides is 1. The maximum atomic E-state index is 11.9. The SMILES string of the molecule is Cc1cc(C)cc(NC(=O)CSCc2ccccc2)c1. The summed E-state index contributed by atoms with van der Waals surface area (Å²) in [6.07, 6.45) is 0. The molecule has 1 N–H and O–H groups in total. The highest BCUT2D eigenvalue weighted by atomic mass is 32.2. The van der Waals surface area contributed by atoms with Crippen molar-refractivity contribution in [2.45, 2.75) is 19.6 Å². The van der Waals surface area contributed by atoms with E-state index in [0.29, 0.717) is 5.75 Å². The molecule has 2 rings (SSSR count). The number of carbonyl (C=O) groups excluding carboxylic acids is 1. The van der Waals surface area contributed by atoms with Crippen LogP contribution in [0.4, 0.5) is 5.69 Å². The summed E-state index contributed by atoms with van der Waals surface area (Å²) in [5, 5.41) is 2.95. The fourth-order valence-electron chi connectivity index (χ4n) is 2.08. The molecule has 20 heavy (non-hydrogen) atoms. The Morgan fingerprint density at radius 3 is 2.35 bits per heavy atom. The van der Waals surface area contributed by atoms with E-state index in [4.69, 9.17) is 0 Å². The molecule has 0 aliphatic heterocycles. The van der Waals surface area contributed by atoms with Gasteiger partial charge in [0.15, 0.2) is 0 Å². The van der Waals surface area contributed by atoms with Gasteiger partial charge in [0.2, 0.25) is 5.91 Å². The highest BCUT2D eigenvalue weighted by molar-refractivity contribution is 7.99. The van der Waals surface area contributed by atoms with Gasteiger partial charge in [0.25, 0.3) is 0 Å². The van der Waals surface area contributed by atoms with Crippen LogP contribution in [0.5, 0.6) is 0 Å². The number of rotatable bonds is 5. The monoisotopic (exact) mass is 285 g/mol. The molecule has 0 aromatic heterocycles. The Bertz CT molecular complexity index is 561. The predicted molar refractivity (Wildman–Crippen MR) is 87.1 cm³/mol. The summed E-state index contributed by atoms with van der Waals surface area (Å²) < 4.78 is 0. The summed E-state index contributed by atoms with van der Waals surface area (Å²) in [6, 6.07) is 16.3. The van der Waals surface area contributed by atoms with Crippen molar-refractivity contribution in [3.63, 3.8) is 0 Å². The third kappa shape index (κ3) is 4.74. The summed E-state index contributed by atoms with van der Waals surface area (Å²) in [7, 11) is 0. The van der Waals surface area contributed by atoms with Crippen LogP contribution in [-0.2, 0) is 10.5 Å². The Morgan fingerprint density at radius 1 is 1.05 bits per heavy atom. The van der Waals surface area contributed by atoms with E-state index in [0.717, 1.165) is 22.6 Å². The lowest BCUT2D eigenvalue weighted by molar-refractivity contribution is -0.113. The second-order valence-corrected chi connectivity index (χ2v) is 5.89. The first-order valence-electron chi connectivity index (χ1n) is 6.63. The summed E-state index contributed by atoms with van der Waals surface area (Å²) in [5.41, 5.74) is 4.46. The lowest BCUT2D eigenvalue weighted by atomic mass is 10.1. The molecule has 0 heterocycles. The molecular formula is C17H19NOS. The lowest BCUT2D eigenvalue weighted by Gasteiger charge is -2.07. The van der Waals surface area contributed by atoms with Crippen LogP contribution in [0.2, 0.25) is 0 Å². The Kier molecular flexibility index (Phi) is 5.24. The second-order valence-electron chi connectivity index (χ2n) is 4.90. The molecule has 0 aliphatic rings. The molecule has 0 unspecified atom stereocenters. The van der Waals surface area contributed by atoms with E-state index in [9.17, 15) is 4.79 Å². The number of anilines is 1. The number of thioether (sulfide) groups is 1. The maximum Gasteiger partial charge on any atom is 0.234 e. The van der Waals surface area contributed by atoms with Gasteiger partial charge in [-0.2, -0.15) is 0 Å². The molecule has 0 aliphatic carbocycles. The summed E-state index contributed by atoms with van der Waals surface area (Å²) in [4.78, 5) is 11.9. The second kappa shape index (κ2) is 7.15. The summed E-state index contributed by atoms with van der Waals surface area (Å²) in [5.74, 6) is 1.39. The van der Waals surface area contributed by atoms with E-state index in [2.05, 4.69) is 23.5 Å². The number of benzene rings is 2. The smallest absolute Gasteiger partial charge is 0.234 e. The molecule has 2 nitrogen and oxygen atoms in total. The highest BCUT2D eigenvalue weighted by Gasteiger charge is 2.04. The molecule has 104 valence electrons. The molecule has 3 heteroatoms. The van der Waals surface area contributed by atoms with Gasteiger partial charge in [-0.25, -0.2) is 0 Å². The zero-order valence-corrected chi connectivity index (χ0v) is 12.7. The van der Waals surface area contributed by atoms with Gasteiger partial charge in [0.05, 0.1) is 5.75 Å². The van der Waals surface area contributed by atoms with E-state index < -0.39 is 0 Å². The van der Waals surface area contributed by atoms with Gasteiger partial charge in [-0.05, 0) is 42.7 Å². The fraction of sp³-hybridized carbons (Fsp3) is 0.235. The first-order chi connectivity index (χ1) is 9.63. The van der Waals surface area contributed by atoms with E-state index >= 15 is 0 Å². The topological polar surface area (TPSA) is 29.1 Å². The minimum absolute atomic E-state index is 0.0518. The van der Waals surface area contributed by atoms with Crippen molar-refractivity contribution in [3.05, 3.63) is 65.2 Å². The number of hydrogen-bond donors (Lipinski definition) is 1. The van der Waals surface area contributed by atoms with E-state index in [1.54, 1.807) is 11.8 Å². The molecule has 0 radical (unpaired) electrons. The molecular weight excluding hydrogens is 266 g/mol. The Labute approximate surface area is 124 Å². The Morgan fingerprint density at radius 2 is 1.70 bits per heavy atom. The maximum absolute atomic E-state index is 11.9. The van der Waals surface area contributed by atoms with Gasteiger partial charge in [-0.3, -0.25) is 4.79 Å². The molecule has 0 saturated heterocycles. The van der Waals surface area contributed by atoms with Crippen molar-refractivity contribution in [2.75, 3.05) is 11.1 Å². The van der Waals surface area contributed by atoms with Gasteiger partial charge in [-0.15, -0.1) is 11.8 Å². The minimum atomic E-state index is 0.0518. The number of nitrogens with one attached hydrogen (secondary N) is 1. The molecule has 1 amide bonds. The Balaban J connectivity index is 1.81. The third-order valence-electron chi connectivity index (χ3n) is 2.85. The quantitative estimate of drug-likeness (QED) is 0.893. The largest absolute Gasteiger partial charge is 0.325 e. The minimum Gasteiger partial charge on any atom is -0.325 e. The lowest BCUT2D eigenvalue weighted by Crippen LogP contribution is -2.14. The van der Waals surface area contributed by atoms with Gasteiger partial charge >= 0.3 is 0 Å². The van der Waals surface area contributed by atoms with Gasteiger partial charge in [-0.1, -0.05) is 36.4 Å². The first kappa shape index (κ1) is 14.7. The van der Waals surface area contributed by atoms with Crippen LogP contribution < -0.4 is 5.32 Å². The van der Waals surface area contributed by atoms with Gasteiger partial charge in [0.1, 0.15) is 0 Å². The highest BCUT2D eigenvalue weighted by Crippen LogP contribution is 2.15. The first-order valence-corrected chi connectivity index (χ1v) is 7.79. The van der Waals surface area contributed by atoms with Gasteiger partial charge in [0, 0.05) is 11.4 Å². The zero-order chi connectivity index (χ0) is 14.4. The fourth-order valence-corrected chi connectivity index (χ4v) is 2.87. The number of aryl methyl sites for hydroxylation is 2. The van der Waals surface area contributed by atoms with Crippen LogP contribution in [0.15, 0.2) is 48.5 Å². The average Bonchev–Trinajstić information content (AvgIpc) is 2.38. The summed E-state index contributed by atoms with van der Waals surface area (Å²) >= 11 is 1.63. The van der Waals surface area contributed by atoms with Crippen LogP contribution in [-0.4, -0.2) is 11.7 Å². The van der Waals surface area contributed by atoms with Crippen molar-refractivity contribution >= 4 is 23.4 Å². The average molecular weight is 285 g/mol. The summed E-state index contributed by atoms with van der Waals surface area (Å²) in [6.45, 7) is 4.07. The molecule has 0 atom stereocenters. The molecule has 2 aromatic carbocycles. The normalized spacial score (nSPS) is 10.3. The van der Waals surface area contributed by atoms with Crippen molar-refractivity contribution < 1.29 is 4.79 Å². The van der Waals surface area contributed by atoms with Crippen LogP contribution in [0.25, 0.3) is 0 Å². The van der Waals surface area contributed by atoms with E-state index in [-0.39, 0.29) is 5.91 Å². The third-order valence-corrected chi connectivity index (χ3v) is 3.85. The van der Waals surface area contributed by atoms with E-state index in [1.807, 2.05) is 44.2 Å².